The van der Waals surface area contributed by atoms with Crippen molar-refractivity contribution in [1.82, 2.24) is 24.9 Å². The molecule has 1 aliphatic rings. The van der Waals surface area contributed by atoms with Crippen LogP contribution in [0.15, 0.2) is 24.3 Å². The number of carboxylic acid groups (broad SMARTS) is 3. The quantitative estimate of drug-likeness (QED) is 0.293. The van der Waals surface area contributed by atoms with Crippen molar-refractivity contribution >= 4 is 23.8 Å². The van der Waals surface area contributed by atoms with E-state index in [1.165, 1.54) is 5.56 Å². The Bertz CT molecular complexity index is 864. The molecule has 1 aliphatic heterocycles. The third kappa shape index (κ3) is 12.6. The normalized spacial score (nSPS) is 17.4. The number of benzene rings is 1. The van der Waals surface area contributed by atoms with Crippen molar-refractivity contribution in [2.45, 2.75) is 19.9 Å². The van der Waals surface area contributed by atoms with Gasteiger partial charge in [0.25, 0.3) is 0 Å². The maximum Gasteiger partial charge on any atom is 0.317 e. The lowest BCUT2D eigenvalue weighted by molar-refractivity contribution is -0.140. The number of amides is 1. The molecule has 0 bridgehead atoms. The van der Waals surface area contributed by atoms with E-state index in [-0.39, 0.29) is 32.1 Å². The molecule has 4 N–H and O–H groups in total. The Kier molecular flexibility index (Phi) is 13.0. The second-order valence-corrected chi connectivity index (χ2v) is 9.23. The predicted octanol–water partition coefficient (Wildman–Crippen LogP) is -0.659. The maximum absolute atomic E-state index is 12.7. The average molecular weight is 522 g/mol. The molecule has 2 rings (SSSR count). The predicted molar refractivity (Wildman–Crippen MR) is 136 cm³/mol. The van der Waals surface area contributed by atoms with Crippen molar-refractivity contribution in [2.75, 3.05) is 78.5 Å². The minimum Gasteiger partial charge on any atom is -0.480 e. The minimum atomic E-state index is -1.000. The molecule has 0 aliphatic carbocycles. The van der Waals surface area contributed by atoms with Gasteiger partial charge in [0, 0.05) is 58.9 Å². The van der Waals surface area contributed by atoms with Crippen molar-refractivity contribution in [1.29, 1.82) is 0 Å². The third-order valence-electron chi connectivity index (χ3n) is 6.29. The topological polar surface area (TPSA) is 154 Å². The van der Waals surface area contributed by atoms with E-state index in [9.17, 15) is 34.5 Å². The van der Waals surface area contributed by atoms with Gasteiger partial charge in [-0.25, -0.2) is 0 Å². The zero-order valence-corrected chi connectivity index (χ0v) is 21.5. The van der Waals surface area contributed by atoms with Gasteiger partial charge in [-0.2, -0.15) is 0 Å². The van der Waals surface area contributed by atoms with Crippen LogP contribution < -0.4 is 5.32 Å². The first kappa shape index (κ1) is 30.2. The van der Waals surface area contributed by atoms with Crippen molar-refractivity contribution in [3.8, 4) is 0 Å². The fourth-order valence-corrected chi connectivity index (χ4v) is 4.14. The Labute approximate surface area is 217 Å². The van der Waals surface area contributed by atoms with E-state index in [1.807, 2.05) is 29.2 Å². The summed E-state index contributed by atoms with van der Waals surface area (Å²) in [7, 11) is 0. The number of nitrogens with one attached hydrogen (secondary N) is 1. The van der Waals surface area contributed by atoms with Gasteiger partial charge in [0.15, 0.2) is 0 Å². The number of carbonyl (C=O) groups excluding carboxylic acids is 1. The highest BCUT2D eigenvalue weighted by atomic mass is 16.4. The van der Waals surface area contributed by atoms with Crippen molar-refractivity contribution < 1.29 is 34.5 Å². The zero-order valence-electron chi connectivity index (χ0n) is 21.5. The van der Waals surface area contributed by atoms with E-state index in [0.29, 0.717) is 58.9 Å². The standard InChI is InChI=1S/C25H39N5O7/c1-2-20-3-5-21(6-4-20)15-26-22(31)16-27-7-9-28(17-23(32)33)11-13-30(19-25(36)37)14-12-29(10-8-27)18-24(34)35/h3-6H,2,7-19H2,1H3,(H,26,31)(H,32,33)(H,34,35)(H,36,37). The van der Waals surface area contributed by atoms with Gasteiger partial charge in [-0.05, 0) is 17.5 Å². The van der Waals surface area contributed by atoms with Crippen LogP contribution in [0.25, 0.3) is 0 Å². The number of carbonyl (C=O) groups is 4. The molecule has 0 saturated carbocycles. The first-order valence-corrected chi connectivity index (χ1v) is 12.5. The molecular formula is C25H39N5O7. The molecule has 0 radical (unpaired) electrons. The highest BCUT2D eigenvalue weighted by molar-refractivity contribution is 5.78. The Morgan fingerprint density at radius 2 is 0.946 bits per heavy atom. The van der Waals surface area contributed by atoms with Gasteiger partial charge in [-0.1, -0.05) is 31.2 Å². The highest BCUT2D eigenvalue weighted by Crippen LogP contribution is 2.05. The highest BCUT2D eigenvalue weighted by Gasteiger charge is 2.21. The van der Waals surface area contributed by atoms with Crippen LogP contribution in [0, 0.1) is 0 Å². The van der Waals surface area contributed by atoms with E-state index in [1.54, 1.807) is 14.7 Å². The van der Waals surface area contributed by atoms with E-state index in [4.69, 9.17) is 0 Å². The summed E-state index contributed by atoms with van der Waals surface area (Å²) in [6.07, 6.45) is 0.941. The van der Waals surface area contributed by atoms with Crippen LogP contribution in [0.2, 0.25) is 0 Å². The Hall–Kier alpha value is -3.06. The number of rotatable bonds is 11. The van der Waals surface area contributed by atoms with E-state index >= 15 is 0 Å². The van der Waals surface area contributed by atoms with Crippen LogP contribution in [0.1, 0.15) is 18.1 Å². The van der Waals surface area contributed by atoms with Gasteiger partial charge in [0.05, 0.1) is 26.2 Å². The molecule has 0 aromatic heterocycles. The summed E-state index contributed by atoms with van der Waals surface area (Å²) in [5.41, 5.74) is 2.21. The Balaban J connectivity index is 2.05. The molecule has 0 atom stereocenters. The smallest absolute Gasteiger partial charge is 0.317 e. The summed E-state index contributed by atoms with van der Waals surface area (Å²) in [5, 5.41) is 30.8. The van der Waals surface area contributed by atoms with Gasteiger partial charge >= 0.3 is 17.9 Å². The largest absolute Gasteiger partial charge is 0.480 e. The summed E-state index contributed by atoms with van der Waals surface area (Å²) in [4.78, 5) is 53.8. The fourth-order valence-electron chi connectivity index (χ4n) is 4.14. The summed E-state index contributed by atoms with van der Waals surface area (Å²) < 4.78 is 0. The lowest BCUT2D eigenvalue weighted by Gasteiger charge is -2.32. The SMILES string of the molecule is CCc1ccc(CNC(=O)CN2CCN(CC(=O)O)CCN(CC(=O)O)CCN(CC(=O)O)CC2)cc1. The van der Waals surface area contributed by atoms with E-state index in [2.05, 4.69) is 12.2 Å². The van der Waals surface area contributed by atoms with Crippen molar-refractivity contribution in [3.05, 3.63) is 35.4 Å². The summed E-state index contributed by atoms with van der Waals surface area (Å²) in [6, 6.07) is 8.03. The van der Waals surface area contributed by atoms with Gasteiger partial charge in [-0.3, -0.25) is 38.8 Å². The molecule has 1 amide bonds. The third-order valence-corrected chi connectivity index (χ3v) is 6.29. The second kappa shape index (κ2) is 15.9. The molecule has 1 saturated heterocycles. The van der Waals surface area contributed by atoms with E-state index in [0.717, 1.165) is 12.0 Å². The number of carboxylic acids is 3. The second-order valence-electron chi connectivity index (χ2n) is 9.23. The van der Waals surface area contributed by atoms with Crippen LogP contribution in [0.4, 0.5) is 0 Å². The molecule has 1 fully saturated rings. The van der Waals surface area contributed by atoms with Crippen LogP contribution in [0.3, 0.4) is 0 Å². The summed E-state index contributed by atoms with van der Waals surface area (Å²) in [6.45, 7) is 4.87. The van der Waals surface area contributed by atoms with Crippen LogP contribution in [-0.2, 0) is 32.1 Å². The Morgan fingerprint density at radius 3 is 1.27 bits per heavy atom. The number of aryl methyl sites for hydroxylation is 1. The molecule has 1 aromatic carbocycles. The number of aliphatic carboxylic acids is 3. The minimum absolute atomic E-state index is 0.0972. The van der Waals surface area contributed by atoms with Crippen LogP contribution in [0.5, 0.6) is 0 Å². The molecule has 37 heavy (non-hydrogen) atoms. The molecule has 206 valence electrons. The molecular weight excluding hydrogens is 482 g/mol. The molecule has 0 spiro atoms. The summed E-state index contributed by atoms with van der Waals surface area (Å²) >= 11 is 0. The summed E-state index contributed by atoms with van der Waals surface area (Å²) in [5.74, 6) is -3.14. The van der Waals surface area contributed by atoms with Gasteiger partial charge in [-0.15, -0.1) is 0 Å². The molecule has 12 nitrogen and oxygen atoms in total. The zero-order chi connectivity index (χ0) is 27.2. The van der Waals surface area contributed by atoms with Crippen molar-refractivity contribution in [3.63, 3.8) is 0 Å². The number of hydrogen-bond donors (Lipinski definition) is 4. The first-order chi connectivity index (χ1) is 17.6. The fraction of sp³-hybridized carbons (Fsp3) is 0.600. The Morgan fingerprint density at radius 1 is 0.622 bits per heavy atom. The molecule has 0 unspecified atom stereocenters. The maximum atomic E-state index is 12.7. The molecule has 12 heteroatoms. The number of nitrogens with zero attached hydrogens (tertiary/aromatic N) is 4. The first-order valence-electron chi connectivity index (χ1n) is 12.5. The van der Waals surface area contributed by atoms with Crippen LogP contribution >= 0.6 is 0 Å². The van der Waals surface area contributed by atoms with Crippen molar-refractivity contribution in [2.24, 2.45) is 0 Å². The lowest BCUT2D eigenvalue weighted by atomic mass is 10.1. The monoisotopic (exact) mass is 521 g/mol. The van der Waals surface area contributed by atoms with E-state index < -0.39 is 17.9 Å². The molecule has 1 aromatic rings. The van der Waals surface area contributed by atoms with Gasteiger partial charge < -0.3 is 20.6 Å². The average Bonchev–Trinajstić information content (AvgIpc) is 2.83. The molecule has 1 heterocycles. The van der Waals surface area contributed by atoms with Gasteiger partial charge in [0.1, 0.15) is 0 Å². The van der Waals surface area contributed by atoms with Crippen LogP contribution in [-0.4, -0.2) is 137 Å². The van der Waals surface area contributed by atoms with Gasteiger partial charge in [0.2, 0.25) is 5.91 Å². The number of hydrogen-bond acceptors (Lipinski definition) is 8. The lowest BCUT2D eigenvalue weighted by Crippen LogP contribution is -2.49.